The van der Waals surface area contributed by atoms with Crippen molar-refractivity contribution in [3.8, 4) is 33.8 Å². The van der Waals surface area contributed by atoms with Crippen molar-refractivity contribution in [1.82, 2.24) is 35.0 Å². The number of hydrogen-bond acceptors (Lipinski definition) is 6. The number of anilines is 1. The average molecular weight is 589 g/mol. The zero-order chi connectivity index (χ0) is 31.0. The Labute approximate surface area is 256 Å². The number of hydrogen-bond donors (Lipinski definition) is 3. The first kappa shape index (κ1) is 29.2. The number of rotatable bonds is 9. The molecule has 8 nitrogen and oxygen atoms in total. The Kier molecular flexibility index (Phi) is 7.73. The number of benzene rings is 2. The van der Waals surface area contributed by atoms with Gasteiger partial charge in [-0.25, -0.2) is 14.4 Å². The molecule has 0 aliphatic rings. The van der Waals surface area contributed by atoms with Crippen LogP contribution in [0.25, 0.3) is 55.8 Å². The number of halogens is 1. The quantitative estimate of drug-likeness (QED) is 0.159. The Morgan fingerprint density at radius 3 is 2.64 bits per heavy atom. The maximum absolute atomic E-state index is 14.7. The smallest absolute Gasteiger partial charge is 0.178 e. The van der Waals surface area contributed by atoms with Crippen LogP contribution in [-0.2, 0) is 6.42 Å². The number of aromatic nitrogens is 6. The zero-order valence-electron chi connectivity index (χ0n) is 25.8. The van der Waals surface area contributed by atoms with E-state index in [4.69, 9.17) is 4.98 Å². The molecule has 0 spiro atoms. The van der Waals surface area contributed by atoms with Gasteiger partial charge < -0.3 is 15.2 Å². The molecule has 4 heterocycles. The number of nitrogens with zero attached hydrogens (tertiary/aromatic N) is 5. The molecule has 3 N–H and O–H groups in total. The van der Waals surface area contributed by atoms with Crippen molar-refractivity contribution < 1.29 is 4.39 Å². The highest BCUT2D eigenvalue weighted by atomic mass is 19.1. The van der Waals surface area contributed by atoms with Gasteiger partial charge in [-0.05, 0) is 86.6 Å². The second-order valence-corrected chi connectivity index (χ2v) is 12.5. The van der Waals surface area contributed by atoms with Gasteiger partial charge in [-0.3, -0.25) is 10.1 Å². The highest BCUT2D eigenvalue weighted by Crippen LogP contribution is 2.34. The van der Waals surface area contributed by atoms with Crippen LogP contribution >= 0.6 is 0 Å². The highest BCUT2D eigenvalue weighted by Gasteiger charge is 2.18. The Balaban J connectivity index is 1.35. The van der Waals surface area contributed by atoms with Crippen LogP contribution in [0, 0.1) is 11.2 Å². The molecule has 0 radical (unpaired) electrons. The van der Waals surface area contributed by atoms with Gasteiger partial charge in [0.1, 0.15) is 11.5 Å². The molecular weight excluding hydrogens is 551 g/mol. The largest absolute Gasteiger partial charge is 0.358 e. The number of allylic oxidation sites excluding steroid dienone is 1. The van der Waals surface area contributed by atoms with E-state index in [1.807, 2.05) is 38.5 Å². The lowest BCUT2D eigenvalue weighted by Crippen LogP contribution is -2.15. The summed E-state index contributed by atoms with van der Waals surface area (Å²) in [5.74, 6) is 0.329. The van der Waals surface area contributed by atoms with Crippen LogP contribution < -0.4 is 5.32 Å². The molecule has 0 aliphatic heterocycles. The molecule has 0 saturated carbocycles. The summed E-state index contributed by atoms with van der Waals surface area (Å²) < 4.78 is 14.7. The number of aromatic amines is 2. The van der Waals surface area contributed by atoms with Gasteiger partial charge in [-0.2, -0.15) is 5.10 Å². The molecule has 0 amide bonds. The third kappa shape index (κ3) is 6.09. The Morgan fingerprint density at radius 2 is 1.84 bits per heavy atom. The first-order valence-electron chi connectivity index (χ1n) is 14.7. The van der Waals surface area contributed by atoms with E-state index in [0.717, 1.165) is 75.0 Å². The number of fused-ring (bicyclic) bond motifs is 2. The summed E-state index contributed by atoms with van der Waals surface area (Å²) >= 11 is 0. The summed E-state index contributed by atoms with van der Waals surface area (Å²) in [6, 6.07) is 15.3. The van der Waals surface area contributed by atoms with Crippen LogP contribution in [0.3, 0.4) is 0 Å². The third-order valence-electron chi connectivity index (χ3n) is 7.79. The lowest BCUT2D eigenvalue weighted by molar-refractivity contribution is 0.400. The molecule has 0 bridgehead atoms. The van der Waals surface area contributed by atoms with Crippen LogP contribution in [-0.4, -0.2) is 55.7 Å². The summed E-state index contributed by atoms with van der Waals surface area (Å²) in [7, 11) is 4.09. The average Bonchev–Trinajstić information content (AvgIpc) is 3.60. The molecule has 0 unspecified atom stereocenters. The van der Waals surface area contributed by atoms with Gasteiger partial charge in [0.25, 0.3) is 0 Å². The highest BCUT2D eigenvalue weighted by molar-refractivity contribution is 5.97. The molecule has 6 rings (SSSR count). The van der Waals surface area contributed by atoms with Crippen molar-refractivity contribution in [1.29, 1.82) is 0 Å². The predicted molar refractivity (Wildman–Crippen MR) is 177 cm³/mol. The predicted octanol–water partition coefficient (Wildman–Crippen LogP) is 7.84. The Bertz CT molecular complexity index is 1980. The molecule has 0 aliphatic carbocycles. The number of pyridine rings is 2. The molecule has 224 valence electrons. The van der Waals surface area contributed by atoms with Gasteiger partial charge in [0.05, 0.1) is 22.9 Å². The molecule has 9 heteroatoms. The summed E-state index contributed by atoms with van der Waals surface area (Å²) in [5.41, 5.74) is 9.12. The van der Waals surface area contributed by atoms with E-state index in [2.05, 4.69) is 80.9 Å². The van der Waals surface area contributed by atoms with Crippen LogP contribution in [0.4, 0.5) is 10.1 Å². The molecule has 2 aromatic carbocycles. The lowest BCUT2D eigenvalue weighted by Gasteiger charge is -2.23. The lowest BCUT2D eigenvalue weighted by atomic mass is 9.93. The van der Waals surface area contributed by atoms with Gasteiger partial charge in [0.15, 0.2) is 11.5 Å². The summed E-state index contributed by atoms with van der Waals surface area (Å²) in [6.07, 6.45) is 7.10. The Hall–Kier alpha value is -4.89. The van der Waals surface area contributed by atoms with Gasteiger partial charge in [-0.15, -0.1) is 0 Å². The molecule has 0 fully saturated rings. The van der Waals surface area contributed by atoms with Crippen LogP contribution in [0.2, 0.25) is 0 Å². The standard InChI is InChI=1S/C35H37FN8/c1-21(35(2,3)4)39-27-17-25(19-37-20-27)23-9-10-30-29(18-23)32(43-42-30)34-40-31-28(11-12-38-33(31)41-34)24-14-22(15-26(36)16-24)8-7-13-44(5)6/h9-12,14-20,39H,1,7-8,13H2,2-6H3,(H,42,43)(H,38,40,41). The molecule has 6 aromatic rings. The summed E-state index contributed by atoms with van der Waals surface area (Å²) in [6.45, 7) is 11.5. The van der Waals surface area contributed by atoms with Crippen molar-refractivity contribution in [2.24, 2.45) is 5.41 Å². The van der Waals surface area contributed by atoms with E-state index in [9.17, 15) is 4.39 Å². The summed E-state index contributed by atoms with van der Waals surface area (Å²) in [4.78, 5) is 19.3. The van der Waals surface area contributed by atoms with E-state index in [1.165, 1.54) is 0 Å². The van der Waals surface area contributed by atoms with E-state index < -0.39 is 0 Å². The van der Waals surface area contributed by atoms with Crippen molar-refractivity contribution in [3.05, 3.63) is 90.8 Å². The van der Waals surface area contributed by atoms with Gasteiger partial charge >= 0.3 is 0 Å². The maximum Gasteiger partial charge on any atom is 0.178 e. The van der Waals surface area contributed by atoms with E-state index in [0.29, 0.717) is 17.2 Å². The Morgan fingerprint density at radius 1 is 1.00 bits per heavy atom. The van der Waals surface area contributed by atoms with Crippen LogP contribution in [0.5, 0.6) is 0 Å². The van der Waals surface area contributed by atoms with E-state index in [1.54, 1.807) is 24.5 Å². The number of imidazole rings is 1. The number of nitrogens with one attached hydrogen (secondary N) is 3. The van der Waals surface area contributed by atoms with Crippen LogP contribution in [0.15, 0.2) is 79.4 Å². The minimum absolute atomic E-state index is 0.0786. The monoisotopic (exact) mass is 588 g/mol. The van der Waals surface area contributed by atoms with Crippen molar-refractivity contribution in [2.45, 2.75) is 33.6 Å². The van der Waals surface area contributed by atoms with Gasteiger partial charge in [-0.1, -0.05) is 39.5 Å². The maximum atomic E-state index is 14.7. The van der Waals surface area contributed by atoms with E-state index >= 15 is 0 Å². The fraction of sp³-hybridized carbons (Fsp3) is 0.257. The molecule has 4 aromatic heterocycles. The van der Waals surface area contributed by atoms with Gasteiger partial charge in [0, 0.05) is 40.0 Å². The first-order valence-corrected chi connectivity index (χ1v) is 14.7. The second kappa shape index (κ2) is 11.7. The number of H-pyrrole nitrogens is 2. The second-order valence-electron chi connectivity index (χ2n) is 12.5. The minimum atomic E-state index is -0.255. The third-order valence-corrected chi connectivity index (χ3v) is 7.79. The topological polar surface area (TPSA) is 98.4 Å². The SMILES string of the molecule is C=C(Nc1cncc(-c2ccc3[nH]nc(-c4nc5nccc(-c6cc(F)cc(CCCN(C)C)c6)c5[nH]4)c3c2)c1)C(C)(C)C. The fourth-order valence-corrected chi connectivity index (χ4v) is 5.22. The van der Waals surface area contributed by atoms with Crippen molar-refractivity contribution in [2.75, 3.05) is 26.0 Å². The molecule has 0 saturated heterocycles. The fourth-order valence-electron chi connectivity index (χ4n) is 5.22. The molecular formula is C35H37FN8. The van der Waals surface area contributed by atoms with Gasteiger partial charge in [0.2, 0.25) is 0 Å². The van der Waals surface area contributed by atoms with E-state index in [-0.39, 0.29) is 11.2 Å². The van der Waals surface area contributed by atoms with Crippen LogP contribution in [0.1, 0.15) is 32.8 Å². The first-order chi connectivity index (χ1) is 21.0. The van der Waals surface area contributed by atoms with Crippen molar-refractivity contribution >= 4 is 27.8 Å². The normalized spacial score (nSPS) is 12.0. The molecule has 0 atom stereocenters. The van der Waals surface area contributed by atoms with Crippen molar-refractivity contribution in [3.63, 3.8) is 0 Å². The number of aryl methyl sites for hydroxylation is 1. The minimum Gasteiger partial charge on any atom is -0.358 e. The molecule has 44 heavy (non-hydrogen) atoms. The summed E-state index contributed by atoms with van der Waals surface area (Å²) in [5, 5.41) is 12.0. The zero-order valence-corrected chi connectivity index (χ0v) is 25.8.